The van der Waals surface area contributed by atoms with E-state index in [2.05, 4.69) is 15.5 Å². The van der Waals surface area contributed by atoms with Crippen LogP contribution in [0.2, 0.25) is 0 Å². The van der Waals surface area contributed by atoms with Crippen molar-refractivity contribution in [2.45, 2.75) is 19.6 Å². The summed E-state index contributed by atoms with van der Waals surface area (Å²) in [6.07, 6.45) is -2.62. The Bertz CT molecular complexity index is 582. The molecular formula is C11H14F3N5. The highest BCUT2D eigenvalue weighted by Gasteiger charge is 2.34. The van der Waals surface area contributed by atoms with Gasteiger partial charge in [-0.1, -0.05) is 0 Å². The lowest BCUT2D eigenvalue weighted by molar-refractivity contribution is -0.143. The summed E-state index contributed by atoms with van der Waals surface area (Å²) in [6.45, 7) is 2.04. The number of nitrogens with one attached hydrogen (secondary N) is 1. The molecular weight excluding hydrogens is 259 g/mol. The van der Waals surface area contributed by atoms with Crippen LogP contribution in [-0.4, -0.2) is 19.6 Å². The van der Waals surface area contributed by atoms with Gasteiger partial charge in [0.15, 0.2) is 0 Å². The largest absolute Gasteiger partial charge is 0.433 e. The molecule has 0 atom stereocenters. The fraction of sp³-hybridized carbons (Fsp3) is 0.455. The molecule has 0 fully saturated rings. The maximum Gasteiger partial charge on any atom is 0.433 e. The number of anilines is 1. The highest BCUT2D eigenvalue weighted by atomic mass is 19.4. The first-order chi connectivity index (χ1) is 8.77. The van der Waals surface area contributed by atoms with Gasteiger partial charge in [0.1, 0.15) is 5.69 Å². The summed E-state index contributed by atoms with van der Waals surface area (Å²) in [6, 6.07) is 1.04. The van der Waals surface area contributed by atoms with Gasteiger partial charge in [-0.05, 0) is 13.0 Å². The number of halogens is 3. The Morgan fingerprint density at radius 3 is 2.42 bits per heavy atom. The van der Waals surface area contributed by atoms with Gasteiger partial charge in [-0.15, -0.1) is 0 Å². The van der Waals surface area contributed by atoms with E-state index in [1.54, 1.807) is 17.9 Å². The van der Waals surface area contributed by atoms with Crippen LogP contribution < -0.4 is 5.32 Å². The van der Waals surface area contributed by atoms with Crippen LogP contribution in [0.1, 0.15) is 17.1 Å². The molecule has 1 N–H and O–H groups in total. The Morgan fingerprint density at radius 1 is 1.26 bits per heavy atom. The molecule has 0 aliphatic heterocycles. The summed E-state index contributed by atoms with van der Waals surface area (Å²) in [4.78, 5) is 0. The summed E-state index contributed by atoms with van der Waals surface area (Å²) in [5.74, 6) is 0. The lowest BCUT2D eigenvalue weighted by atomic mass is 10.3. The molecule has 104 valence electrons. The molecule has 2 heterocycles. The van der Waals surface area contributed by atoms with Crippen LogP contribution in [0.5, 0.6) is 0 Å². The molecule has 5 nitrogen and oxygen atoms in total. The second-order valence-electron chi connectivity index (χ2n) is 4.30. The van der Waals surface area contributed by atoms with Gasteiger partial charge in [-0.2, -0.15) is 23.4 Å². The van der Waals surface area contributed by atoms with Gasteiger partial charge in [-0.25, -0.2) is 0 Å². The van der Waals surface area contributed by atoms with Crippen molar-refractivity contribution in [1.29, 1.82) is 0 Å². The van der Waals surface area contributed by atoms with Crippen LogP contribution in [0.15, 0.2) is 12.3 Å². The zero-order valence-electron chi connectivity index (χ0n) is 10.8. The van der Waals surface area contributed by atoms with E-state index in [4.69, 9.17) is 0 Å². The fourth-order valence-corrected chi connectivity index (χ4v) is 1.84. The van der Waals surface area contributed by atoms with E-state index in [1.807, 2.05) is 6.92 Å². The minimum absolute atomic E-state index is 0.219. The number of hydrogen-bond acceptors (Lipinski definition) is 3. The molecule has 0 aliphatic rings. The van der Waals surface area contributed by atoms with Crippen LogP contribution >= 0.6 is 0 Å². The molecule has 0 amide bonds. The van der Waals surface area contributed by atoms with Gasteiger partial charge >= 0.3 is 6.18 Å². The minimum atomic E-state index is -4.38. The van der Waals surface area contributed by atoms with Crippen LogP contribution in [0.3, 0.4) is 0 Å². The molecule has 2 aromatic heterocycles. The second kappa shape index (κ2) is 4.60. The third-order valence-corrected chi connectivity index (χ3v) is 2.69. The van der Waals surface area contributed by atoms with E-state index in [0.717, 1.165) is 22.1 Å². The van der Waals surface area contributed by atoms with Crippen molar-refractivity contribution in [1.82, 2.24) is 19.6 Å². The van der Waals surface area contributed by atoms with Crippen molar-refractivity contribution in [3.8, 4) is 0 Å². The van der Waals surface area contributed by atoms with Gasteiger partial charge in [0.2, 0.25) is 0 Å². The lowest BCUT2D eigenvalue weighted by Gasteiger charge is -2.04. The first-order valence-corrected chi connectivity index (χ1v) is 5.61. The van der Waals surface area contributed by atoms with E-state index < -0.39 is 11.9 Å². The molecule has 2 aromatic rings. The first kappa shape index (κ1) is 13.4. The van der Waals surface area contributed by atoms with Gasteiger partial charge in [0.05, 0.1) is 23.6 Å². The van der Waals surface area contributed by atoms with E-state index in [0.29, 0.717) is 5.69 Å². The monoisotopic (exact) mass is 273 g/mol. The van der Waals surface area contributed by atoms with Crippen LogP contribution in [0, 0.1) is 6.92 Å². The molecule has 19 heavy (non-hydrogen) atoms. The normalized spacial score (nSPS) is 11.9. The van der Waals surface area contributed by atoms with Crippen LogP contribution in [0.4, 0.5) is 18.9 Å². The number of aromatic nitrogens is 4. The predicted molar refractivity (Wildman–Crippen MR) is 63.5 cm³/mol. The summed E-state index contributed by atoms with van der Waals surface area (Å²) >= 11 is 0. The number of rotatable bonds is 3. The van der Waals surface area contributed by atoms with Crippen molar-refractivity contribution < 1.29 is 13.2 Å². The van der Waals surface area contributed by atoms with Crippen molar-refractivity contribution in [2.75, 3.05) is 5.32 Å². The minimum Gasteiger partial charge on any atom is -0.377 e. The maximum absolute atomic E-state index is 12.6. The highest BCUT2D eigenvalue weighted by Crippen LogP contribution is 2.29. The van der Waals surface area contributed by atoms with Crippen molar-refractivity contribution >= 4 is 5.69 Å². The topological polar surface area (TPSA) is 47.7 Å². The van der Waals surface area contributed by atoms with E-state index >= 15 is 0 Å². The third kappa shape index (κ3) is 2.88. The molecule has 0 bridgehead atoms. The summed E-state index contributed by atoms with van der Waals surface area (Å²) < 4.78 is 40.3. The Labute approximate surface area is 108 Å². The smallest absolute Gasteiger partial charge is 0.377 e. The molecule has 8 heteroatoms. The molecule has 0 saturated heterocycles. The average molecular weight is 273 g/mol. The van der Waals surface area contributed by atoms with Crippen LogP contribution in [0.25, 0.3) is 0 Å². The summed E-state index contributed by atoms with van der Waals surface area (Å²) in [5.41, 5.74) is 1.14. The number of nitrogens with zero attached hydrogens (tertiary/aromatic N) is 4. The summed E-state index contributed by atoms with van der Waals surface area (Å²) in [7, 11) is 3.06. The number of aryl methyl sites for hydroxylation is 3. The molecule has 0 spiro atoms. The molecule has 0 aliphatic carbocycles. The fourth-order valence-electron chi connectivity index (χ4n) is 1.84. The van der Waals surface area contributed by atoms with Crippen molar-refractivity contribution in [2.24, 2.45) is 14.1 Å². The van der Waals surface area contributed by atoms with Gasteiger partial charge in [-0.3, -0.25) is 9.36 Å². The molecule has 2 rings (SSSR count). The predicted octanol–water partition coefficient (Wildman–Crippen LogP) is 2.09. The number of hydrogen-bond donors (Lipinski definition) is 1. The Morgan fingerprint density at radius 2 is 1.95 bits per heavy atom. The highest BCUT2D eigenvalue weighted by molar-refractivity contribution is 5.45. The quantitative estimate of drug-likeness (QED) is 0.931. The zero-order chi connectivity index (χ0) is 14.2. The Kier molecular flexibility index (Phi) is 3.25. The maximum atomic E-state index is 12.6. The molecule has 0 unspecified atom stereocenters. The third-order valence-electron chi connectivity index (χ3n) is 2.69. The van der Waals surface area contributed by atoms with Gasteiger partial charge in [0.25, 0.3) is 0 Å². The molecule has 0 radical (unpaired) electrons. The lowest BCUT2D eigenvalue weighted by Crippen LogP contribution is -2.11. The standard InChI is InChI=1S/C11H14F3N5/c1-7-9(6-18(2)16-7)15-5-8-4-10(11(12,13)14)19(3)17-8/h4,6,15H,5H2,1-3H3. The molecule has 0 aromatic carbocycles. The Hall–Kier alpha value is -1.99. The van der Waals surface area contributed by atoms with Gasteiger partial charge < -0.3 is 5.32 Å². The van der Waals surface area contributed by atoms with Crippen molar-refractivity contribution in [3.63, 3.8) is 0 Å². The van der Waals surface area contributed by atoms with E-state index in [9.17, 15) is 13.2 Å². The second-order valence-corrected chi connectivity index (χ2v) is 4.30. The summed E-state index contributed by atoms with van der Waals surface area (Å²) in [5, 5.41) is 11.0. The SMILES string of the molecule is Cc1nn(C)cc1NCc1cc(C(F)(F)F)n(C)n1. The molecule has 0 saturated carbocycles. The van der Waals surface area contributed by atoms with Crippen LogP contribution in [-0.2, 0) is 26.8 Å². The zero-order valence-corrected chi connectivity index (χ0v) is 10.8. The van der Waals surface area contributed by atoms with Gasteiger partial charge in [0, 0.05) is 20.3 Å². The average Bonchev–Trinajstić information content (AvgIpc) is 2.78. The van der Waals surface area contributed by atoms with E-state index in [1.165, 1.54) is 7.05 Å². The number of alkyl halides is 3. The van der Waals surface area contributed by atoms with Crippen molar-refractivity contribution in [3.05, 3.63) is 29.3 Å². The van der Waals surface area contributed by atoms with E-state index in [-0.39, 0.29) is 6.54 Å². The Balaban J connectivity index is 2.11. The first-order valence-electron chi connectivity index (χ1n) is 5.61.